The van der Waals surface area contributed by atoms with Gasteiger partial charge >= 0.3 is 0 Å². The number of carbonyl (C=O) groups is 1. The number of hydrogen-bond acceptors (Lipinski definition) is 5. The van der Waals surface area contributed by atoms with Gasteiger partial charge in [-0.1, -0.05) is 36.4 Å². The molecule has 0 aromatic heterocycles. The largest absolute Gasteiger partial charge is 0.495 e. The lowest BCUT2D eigenvalue weighted by Crippen LogP contribution is -2.06. The van der Waals surface area contributed by atoms with Gasteiger partial charge in [0.1, 0.15) is 18.1 Å². The van der Waals surface area contributed by atoms with E-state index in [9.17, 15) is 4.79 Å². The molecule has 0 unspecified atom stereocenters. The molecule has 0 spiro atoms. The number of allylic oxidation sites excluding steroid dienone is 1. The maximum Gasteiger partial charge on any atom is 0.191 e. The van der Waals surface area contributed by atoms with E-state index in [1.807, 2.05) is 92.6 Å². The highest BCUT2D eigenvalue weighted by Gasteiger charge is 2.13. The number of benzene rings is 3. The summed E-state index contributed by atoms with van der Waals surface area (Å²) in [5.41, 5.74) is 4.24. The molecule has 1 N–H and O–H groups in total. The molecule has 31 heavy (non-hydrogen) atoms. The van der Waals surface area contributed by atoms with Gasteiger partial charge in [0, 0.05) is 32.1 Å². The number of carbonyl (C=O) groups excluding carboxylic acids is 1. The summed E-state index contributed by atoms with van der Waals surface area (Å²) >= 11 is 0. The van der Waals surface area contributed by atoms with Crippen molar-refractivity contribution >= 4 is 17.2 Å². The molecule has 160 valence electrons. The van der Waals surface area contributed by atoms with E-state index in [1.165, 1.54) is 0 Å². The second-order valence-electron chi connectivity index (χ2n) is 7.46. The molecule has 0 fully saturated rings. The summed E-state index contributed by atoms with van der Waals surface area (Å²) in [5, 5.41) is 3.34. The Hall–Kier alpha value is -3.73. The summed E-state index contributed by atoms with van der Waals surface area (Å²) < 4.78 is 11.5. The van der Waals surface area contributed by atoms with Crippen LogP contribution in [0.15, 0.2) is 79.0 Å². The number of hydrogen-bond donors (Lipinski definition) is 1. The molecule has 0 radical (unpaired) electrons. The zero-order valence-electron chi connectivity index (χ0n) is 18.4. The minimum Gasteiger partial charge on any atom is -0.495 e. The molecule has 0 atom stereocenters. The molecule has 0 saturated heterocycles. The lowest BCUT2D eigenvalue weighted by molar-refractivity contribution is 0.104. The van der Waals surface area contributed by atoms with Crippen LogP contribution >= 0.6 is 0 Å². The SMILES string of the molecule is COc1cc(C)ccc1Nc1ccc(OCc2ccccc2)c(C(=O)C=CN(C)C)c1. The van der Waals surface area contributed by atoms with Gasteiger partial charge in [0.2, 0.25) is 0 Å². The first-order valence-electron chi connectivity index (χ1n) is 10.1. The van der Waals surface area contributed by atoms with E-state index < -0.39 is 0 Å². The molecule has 3 aromatic carbocycles. The molecule has 0 aliphatic carbocycles. The Morgan fingerprint density at radius 1 is 1.00 bits per heavy atom. The van der Waals surface area contributed by atoms with Crippen LogP contribution in [-0.4, -0.2) is 31.9 Å². The third kappa shape index (κ3) is 6.12. The summed E-state index contributed by atoms with van der Waals surface area (Å²) in [5.74, 6) is 1.15. The van der Waals surface area contributed by atoms with Crippen LogP contribution < -0.4 is 14.8 Å². The Kier molecular flexibility index (Phi) is 7.33. The van der Waals surface area contributed by atoms with E-state index >= 15 is 0 Å². The smallest absolute Gasteiger partial charge is 0.191 e. The van der Waals surface area contributed by atoms with Crippen LogP contribution in [0.4, 0.5) is 11.4 Å². The molecular weight excluding hydrogens is 388 g/mol. The van der Waals surface area contributed by atoms with Gasteiger partial charge < -0.3 is 19.7 Å². The van der Waals surface area contributed by atoms with Crippen molar-refractivity contribution in [2.24, 2.45) is 0 Å². The van der Waals surface area contributed by atoms with Crippen molar-refractivity contribution in [2.45, 2.75) is 13.5 Å². The predicted molar refractivity (Wildman–Crippen MR) is 125 cm³/mol. The number of anilines is 2. The quantitative estimate of drug-likeness (QED) is 0.364. The van der Waals surface area contributed by atoms with Crippen molar-refractivity contribution in [3.05, 3.63) is 95.7 Å². The van der Waals surface area contributed by atoms with E-state index in [2.05, 4.69) is 5.32 Å². The highest BCUT2D eigenvalue weighted by molar-refractivity contribution is 6.07. The van der Waals surface area contributed by atoms with E-state index in [0.717, 1.165) is 28.3 Å². The van der Waals surface area contributed by atoms with Crippen molar-refractivity contribution in [3.8, 4) is 11.5 Å². The van der Waals surface area contributed by atoms with Crippen LogP contribution in [0.1, 0.15) is 21.5 Å². The molecule has 0 saturated carbocycles. The van der Waals surface area contributed by atoms with Gasteiger partial charge in [0.25, 0.3) is 0 Å². The third-order valence-corrected chi connectivity index (χ3v) is 4.64. The van der Waals surface area contributed by atoms with Crippen LogP contribution in [0.25, 0.3) is 0 Å². The molecule has 0 bridgehead atoms. The first-order chi connectivity index (χ1) is 15.0. The minimum atomic E-state index is -0.128. The highest BCUT2D eigenvalue weighted by Crippen LogP contribution is 2.31. The monoisotopic (exact) mass is 416 g/mol. The lowest BCUT2D eigenvalue weighted by atomic mass is 10.1. The summed E-state index contributed by atoms with van der Waals surface area (Å²) in [4.78, 5) is 14.7. The van der Waals surface area contributed by atoms with Gasteiger partial charge in [-0.25, -0.2) is 0 Å². The molecule has 0 heterocycles. The van der Waals surface area contributed by atoms with Crippen LogP contribution in [-0.2, 0) is 6.61 Å². The molecule has 0 aliphatic heterocycles. The van der Waals surface area contributed by atoms with E-state index in [1.54, 1.807) is 19.4 Å². The molecule has 5 heteroatoms. The second kappa shape index (κ2) is 10.3. The number of nitrogens with one attached hydrogen (secondary N) is 1. The second-order valence-corrected chi connectivity index (χ2v) is 7.46. The standard InChI is InChI=1S/C26H28N2O3/c1-19-10-12-23(26(16-19)30-4)27-21-11-13-25(31-18-20-8-6-5-7-9-20)22(17-21)24(29)14-15-28(2)3/h5-17,27H,18H2,1-4H3. The van der Waals surface area contributed by atoms with Crippen molar-refractivity contribution in [1.29, 1.82) is 0 Å². The maximum atomic E-state index is 12.9. The Morgan fingerprint density at radius 3 is 2.48 bits per heavy atom. The fraction of sp³-hybridized carbons (Fsp3) is 0.192. The fourth-order valence-electron chi connectivity index (χ4n) is 3.03. The van der Waals surface area contributed by atoms with E-state index in [4.69, 9.17) is 9.47 Å². The summed E-state index contributed by atoms with van der Waals surface area (Å²) in [6.45, 7) is 2.40. The Balaban J connectivity index is 1.90. The van der Waals surface area contributed by atoms with Gasteiger partial charge in [-0.05, 0) is 48.4 Å². The maximum absolute atomic E-state index is 12.9. The van der Waals surface area contributed by atoms with Gasteiger partial charge in [0.05, 0.1) is 18.4 Å². The first kappa shape index (κ1) is 22.0. The van der Waals surface area contributed by atoms with Crippen molar-refractivity contribution in [2.75, 3.05) is 26.5 Å². The lowest BCUT2D eigenvalue weighted by Gasteiger charge is -2.15. The summed E-state index contributed by atoms with van der Waals surface area (Å²) in [6, 6.07) is 21.3. The molecule has 0 amide bonds. The van der Waals surface area contributed by atoms with Gasteiger partial charge in [-0.3, -0.25) is 4.79 Å². The highest BCUT2D eigenvalue weighted by atomic mass is 16.5. The van der Waals surface area contributed by atoms with Gasteiger partial charge in [0.15, 0.2) is 5.78 Å². The van der Waals surface area contributed by atoms with E-state index in [0.29, 0.717) is 17.9 Å². The number of methoxy groups -OCH3 is 1. The number of aryl methyl sites for hydroxylation is 1. The molecular formula is C26H28N2O3. The average Bonchev–Trinajstić information content (AvgIpc) is 2.78. The van der Waals surface area contributed by atoms with Crippen molar-refractivity contribution < 1.29 is 14.3 Å². The number of ketones is 1. The van der Waals surface area contributed by atoms with Crippen LogP contribution in [0, 0.1) is 6.92 Å². The number of nitrogens with zero attached hydrogens (tertiary/aromatic N) is 1. The van der Waals surface area contributed by atoms with E-state index in [-0.39, 0.29) is 5.78 Å². The Morgan fingerprint density at radius 2 is 1.77 bits per heavy atom. The average molecular weight is 417 g/mol. The van der Waals surface area contributed by atoms with Gasteiger partial charge in [-0.2, -0.15) is 0 Å². The predicted octanol–water partition coefficient (Wildman–Crippen LogP) is 5.58. The molecule has 5 nitrogen and oxygen atoms in total. The Labute approximate surface area is 183 Å². The topological polar surface area (TPSA) is 50.8 Å². The Bertz CT molecular complexity index is 1060. The first-order valence-corrected chi connectivity index (χ1v) is 10.1. The van der Waals surface area contributed by atoms with Crippen LogP contribution in [0.2, 0.25) is 0 Å². The van der Waals surface area contributed by atoms with Gasteiger partial charge in [-0.15, -0.1) is 0 Å². The van der Waals surface area contributed by atoms with Crippen LogP contribution in [0.5, 0.6) is 11.5 Å². The van der Waals surface area contributed by atoms with Crippen LogP contribution in [0.3, 0.4) is 0 Å². The summed E-state index contributed by atoms with van der Waals surface area (Å²) in [6.07, 6.45) is 3.27. The number of rotatable bonds is 9. The zero-order valence-corrected chi connectivity index (χ0v) is 18.4. The number of ether oxygens (including phenoxy) is 2. The fourth-order valence-corrected chi connectivity index (χ4v) is 3.03. The molecule has 0 aliphatic rings. The molecule has 3 rings (SSSR count). The zero-order chi connectivity index (χ0) is 22.2. The normalized spacial score (nSPS) is 10.7. The molecule has 3 aromatic rings. The summed E-state index contributed by atoms with van der Waals surface area (Å²) in [7, 11) is 5.39. The van der Waals surface area contributed by atoms with Crippen molar-refractivity contribution in [3.63, 3.8) is 0 Å². The van der Waals surface area contributed by atoms with Crippen molar-refractivity contribution in [1.82, 2.24) is 4.90 Å². The third-order valence-electron chi connectivity index (χ3n) is 4.64. The minimum absolute atomic E-state index is 0.128.